The predicted octanol–water partition coefficient (Wildman–Crippen LogP) is 4.97. The Morgan fingerprint density at radius 1 is 1.18 bits per heavy atom. The van der Waals surface area contributed by atoms with Gasteiger partial charge in [-0.2, -0.15) is 0 Å². The molecule has 1 fully saturated rings. The van der Waals surface area contributed by atoms with Gasteiger partial charge in [0.15, 0.2) is 0 Å². The Bertz CT molecular complexity index is 1080. The number of aliphatic hydroxyl groups excluding tert-OH is 2. The maximum atomic E-state index is 12.6. The van der Waals surface area contributed by atoms with Gasteiger partial charge in [-0.15, -0.1) is 0 Å². The van der Waals surface area contributed by atoms with Crippen molar-refractivity contribution in [2.24, 2.45) is 34.0 Å². The molecular formula is C32H48O7. The summed E-state index contributed by atoms with van der Waals surface area (Å²) in [7, 11) is 1.40. The molecule has 1 saturated carbocycles. The van der Waals surface area contributed by atoms with E-state index in [9.17, 15) is 30.0 Å². The molecule has 0 spiro atoms. The third-order valence-corrected chi connectivity index (χ3v) is 10.8. The number of ether oxygens (including phenoxy) is 1. The largest absolute Gasteiger partial charge is 0.481 e. The van der Waals surface area contributed by atoms with E-state index in [1.54, 1.807) is 0 Å². The summed E-state index contributed by atoms with van der Waals surface area (Å²) in [6, 6.07) is 0. The third kappa shape index (κ3) is 5.18. The van der Waals surface area contributed by atoms with Crippen LogP contribution in [0.2, 0.25) is 0 Å². The van der Waals surface area contributed by atoms with Gasteiger partial charge in [0.25, 0.3) is 0 Å². The van der Waals surface area contributed by atoms with Crippen molar-refractivity contribution in [1.82, 2.24) is 0 Å². The number of carboxylic acids is 1. The van der Waals surface area contributed by atoms with Crippen LogP contribution >= 0.6 is 0 Å². The average Bonchev–Trinajstić information content (AvgIpc) is 3.07. The van der Waals surface area contributed by atoms with Gasteiger partial charge >= 0.3 is 11.9 Å². The summed E-state index contributed by atoms with van der Waals surface area (Å²) >= 11 is 0. The monoisotopic (exact) mass is 544 g/mol. The van der Waals surface area contributed by atoms with E-state index < -0.39 is 46.9 Å². The second-order valence-electron chi connectivity index (χ2n) is 13.1. The lowest BCUT2D eigenvalue weighted by atomic mass is 9.48. The number of carbonyl (C=O) groups is 2. The predicted molar refractivity (Wildman–Crippen MR) is 151 cm³/mol. The van der Waals surface area contributed by atoms with Gasteiger partial charge in [-0.3, -0.25) is 9.59 Å². The summed E-state index contributed by atoms with van der Waals surface area (Å²) in [6.45, 7) is 17.6. The van der Waals surface area contributed by atoms with Crippen molar-refractivity contribution in [2.75, 3.05) is 13.7 Å². The lowest BCUT2D eigenvalue weighted by Gasteiger charge is -2.56. The number of hydrogen-bond acceptors (Lipinski definition) is 6. The van der Waals surface area contributed by atoms with Gasteiger partial charge in [-0.1, -0.05) is 51.7 Å². The number of allylic oxidation sites excluding steroid dienone is 5. The molecule has 8 unspecified atom stereocenters. The van der Waals surface area contributed by atoms with Gasteiger partial charge < -0.3 is 25.2 Å². The number of aliphatic hydroxyl groups is 3. The van der Waals surface area contributed by atoms with E-state index in [2.05, 4.69) is 46.1 Å². The van der Waals surface area contributed by atoms with Crippen LogP contribution < -0.4 is 0 Å². The van der Waals surface area contributed by atoms with Crippen LogP contribution in [-0.4, -0.2) is 57.8 Å². The molecule has 3 aliphatic rings. The van der Waals surface area contributed by atoms with E-state index in [0.29, 0.717) is 31.3 Å². The van der Waals surface area contributed by atoms with E-state index in [0.717, 1.165) is 17.6 Å². The Balaban J connectivity index is 2.02. The summed E-state index contributed by atoms with van der Waals surface area (Å²) < 4.78 is 4.95. The van der Waals surface area contributed by atoms with Crippen LogP contribution in [0.25, 0.3) is 0 Å². The lowest BCUT2D eigenvalue weighted by molar-refractivity contribution is -0.148. The highest BCUT2D eigenvalue weighted by molar-refractivity contribution is 5.71. The Morgan fingerprint density at radius 2 is 1.82 bits per heavy atom. The Morgan fingerprint density at radius 3 is 2.36 bits per heavy atom. The summed E-state index contributed by atoms with van der Waals surface area (Å²) in [4.78, 5) is 24.8. The molecule has 4 N–H and O–H groups in total. The zero-order valence-electron chi connectivity index (χ0n) is 24.5. The molecule has 0 heterocycles. The van der Waals surface area contributed by atoms with E-state index >= 15 is 0 Å². The highest BCUT2D eigenvalue weighted by atomic mass is 16.5. The fraction of sp³-hybridized carbons (Fsp3) is 0.688. The van der Waals surface area contributed by atoms with Gasteiger partial charge in [0, 0.05) is 17.8 Å². The maximum Gasteiger partial charge on any atom is 0.306 e. The van der Waals surface area contributed by atoms with Crippen LogP contribution in [0.4, 0.5) is 0 Å². The zero-order chi connectivity index (χ0) is 29.6. The maximum absolute atomic E-state index is 12.6. The lowest BCUT2D eigenvalue weighted by Crippen LogP contribution is -2.48. The topological polar surface area (TPSA) is 124 Å². The third-order valence-electron chi connectivity index (χ3n) is 10.8. The number of esters is 1. The average molecular weight is 545 g/mol. The number of fused-ring (bicyclic) bond motifs is 3. The van der Waals surface area contributed by atoms with Crippen LogP contribution in [0.3, 0.4) is 0 Å². The number of aliphatic carboxylic acids is 1. The molecule has 0 aromatic heterocycles. The fourth-order valence-corrected chi connectivity index (χ4v) is 8.03. The molecule has 7 heteroatoms. The smallest absolute Gasteiger partial charge is 0.306 e. The summed E-state index contributed by atoms with van der Waals surface area (Å²) in [5.74, 6) is -2.41. The normalized spacial score (nSPS) is 36.0. The molecule has 218 valence electrons. The van der Waals surface area contributed by atoms with Gasteiger partial charge in [0.1, 0.15) is 5.60 Å². The molecule has 8 atom stereocenters. The Kier molecular flexibility index (Phi) is 8.82. The van der Waals surface area contributed by atoms with Gasteiger partial charge in [-0.25, -0.2) is 0 Å². The number of carbonyl (C=O) groups excluding carboxylic acids is 1. The number of hydrogen-bond donors (Lipinski definition) is 4. The molecule has 3 rings (SSSR count). The van der Waals surface area contributed by atoms with Gasteiger partial charge in [0.05, 0.1) is 25.7 Å². The highest BCUT2D eigenvalue weighted by Crippen LogP contribution is 2.70. The summed E-state index contributed by atoms with van der Waals surface area (Å²) in [6.07, 6.45) is 6.83. The van der Waals surface area contributed by atoms with Crippen LogP contribution in [-0.2, 0) is 14.3 Å². The molecule has 3 aliphatic carbocycles. The molecule has 39 heavy (non-hydrogen) atoms. The zero-order valence-corrected chi connectivity index (χ0v) is 24.5. The van der Waals surface area contributed by atoms with E-state index in [1.165, 1.54) is 19.6 Å². The summed E-state index contributed by atoms with van der Waals surface area (Å²) in [5, 5.41) is 41.7. The first-order valence-corrected chi connectivity index (χ1v) is 14.1. The van der Waals surface area contributed by atoms with Crippen LogP contribution in [0.1, 0.15) is 79.6 Å². The molecule has 0 radical (unpaired) electrons. The van der Waals surface area contributed by atoms with Crippen molar-refractivity contribution in [3.63, 3.8) is 0 Å². The highest BCUT2D eigenvalue weighted by Gasteiger charge is 2.65. The molecule has 0 amide bonds. The van der Waals surface area contributed by atoms with Crippen molar-refractivity contribution in [2.45, 2.75) is 91.3 Å². The standard InChI is InChI=1S/C32H48O7/c1-19(2)22-11-12-24-23(29(22,4)15-14-26(35)39-8)13-16-30(5)27(25(34)17-31(24,30)6)21(28(36)37)10-9-20(3)32(7,38)18-33/h12-13,21-22,25,27,33-34,38H,1,3,9-11,14-18H2,2,4-8H3,(H,36,37). The van der Waals surface area contributed by atoms with Crippen molar-refractivity contribution < 1.29 is 34.8 Å². The minimum atomic E-state index is -1.49. The van der Waals surface area contributed by atoms with Crippen molar-refractivity contribution in [3.8, 4) is 0 Å². The van der Waals surface area contributed by atoms with Gasteiger partial charge in [0.2, 0.25) is 0 Å². The number of carboxylic acid groups (broad SMARTS) is 1. The molecule has 0 aliphatic heterocycles. The minimum absolute atomic E-state index is 0.157. The molecule has 0 saturated heterocycles. The quantitative estimate of drug-likeness (QED) is 0.214. The Labute approximate surface area is 233 Å². The minimum Gasteiger partial charge on any atom is -0.481 e. The van der Waals surface area contributed by atoms with E-state index in [-0.39, 0.29) is 30.1 Å². The van der Waals surface area contributed by atoms with E-state index in [4.69, 9.17) is 4.74 Å². The first-order chi connectivity index (χ1) is 18.0. The molecule has 0 bridgehead atoms. The van der Waals surface area contributed by atoms with Crippen LogP contribution in [0, 0.1) is 34.0 Å². The molecule has 0 aromatic rings. The second-order valence-corrected chi connectivity index (χ2v) is 13.1. The molecule has 0 aromatic carbocycles. The van der Waals surface area contributed by atoms with Crippen molar-refractivity contribution in [1.29, 1.82) is 0 Å². The van der Waals surface area contributed by atoms with Crippen molar-refractivity contribution >= 4 is 11.9 Å². The first kappa shape index (κ1) is 31.3. The van der Waals surface area contributed by atoms with Gasteiger partial charge in [-0.05, 0) is 85.8 Å². The Hall–Kier alpha value is -2.22. The first-order valence-electron chi connectivity index (χ1n) is 14.1. The number of rotatable bonds is 11. The van der Waals surface area contributed by atoms with Crippen LogP contribution in [0.15, 0.2) is 47.6 Å². The summed E-state index contributed by atoms with van der Waals surface area (Å²) in [5.41, 5.74) is 0.963. The second kappa shape index (κ2) is 11.0. The van der Waals surface area contributed by atoms with Crippen molar-refractivity contribution in [3.05, 3.63) is 47.6 Å². The SMILES string of the molecule is C=C(C)C1CC=C2C(=CCC3(C)C(C(CCC(=C)C(C)(O)CO)C(=O)O)C(O)CC23C)C1(C)CCC(=O)OC. The van der Waals surface area contributed by atoms with Crippen LogP contribution in [0.5, 0.6) is 0 Å². The van der Waals surface area contributed by atoms with E-state index in [1.807, 2.05) is 6.92 Å². The molecular weight excluding hydrogens is 496 g/mol. The molecule has 7 nitrogen and oxygen atoms in total. The fourth-order valence-electron chi connectivity index (χ4n) is 8.03. The number of methoxy groups -OCH3 is 1.